The number of nitrogens with zero attached hydrogens (tertiary/aromatic N) is 3. The highest BCUT2D eigenvalue weighted by atomic mass is 127. The number of anilines is 1. The summed E-state index contributed by atoms with van der Waals surface area (Å²) in [5.41, 5.74) is 2.23. The van der Waals surface area contributed by atoms with Gasteiger partial charge in [-0.2, -0.15) is 5.10 Å². The molecule has 0 saturated heterocycles. The number of nitrogens with one attached hydrogen (secondary N) is 1. The lowest BCUT2D eigenvalue weighted by molar-refractivity contribution is 0.102. The Kier molecular flexibility index (Phi) is 3.96. The van der Waals surface area contributed by atoms with Crippen molar-refractivity contribution in [1.82, 2.24) is 14.8 Å². The molecule has 104 valence electrons. The molecule has 0 aliphatic carbocycles. The fraction of sp³-hybridized carbons (Fsp3) is 0. The van der Waals surface area contributed by atoms with Crippen LogP contribution in [0.15, 0.2) is 61.2 Å². The summed E-state index contributed by atoms with van der Waals surface area (Å²) < 4.78 is 2.77. The van der Waals surface area contributed by atoms with Crippen LogP contribution in [0.2, 0.25) is 0 Å². The molecule has 1 N–H and O–H groups in total. The van der Waals surface area contributed by atoms with Gasteiger partial charge in [-0.15, -0.1) is 0 Å². The Morgan fingerprint density at radius 1 is 1.05 bits per heavy atom. The topological polar surface area (TPSA) is 59.8 Å². The first-order chi connectivity index (χ1) is 10.2. The molecule has 0 radical (unpaired) electrons. The molecule has 0 aliphatic rings. The van der Waals surface area contributed by atoms with Crippen LogP contribution < -0.4 is 5.32 Å². The summed E-state index contributed by atoms with van der Waals surface area (Å²) in [5, 5.41) is 6.90. The van der Waals surface area contributed by atoms with E-state index in [0.717, 1.165) is 14.9 Å². The van der Waals surface area contributed by atoms with E-state index in [2.05, 4.69) is 38.0 Å². The molecule has 0 atom stereocenters. The van der Waals surface area contributed by atoms with Crippen molar-refractivity contribution >= 4 is 34.2 Å². The summed E-state index contributed by atoms with van der Waals surface area (Å²) in [5.74, 6) is -0.138. The molecule has 1 aromatic heterocycles. The predicted octanol–water partition coefficient (Wildman–Crippen LogP) is 3.12. The average molecular weight is 390 g/mol. The second-order valence-electron chi connectivity index (χ2n) is 4.35. The van der Waals surface area contributed by atoms with E-state index in [1.54, 1.807) is 23.1 Å². The van der Waals surface area contributed by atoms with Crippen LogP contribution >= 0.6 is 22.6 Å². The van der Waals surface area contributed by atoms with Crippen LogP contribution in [0.5, 0.6) is 0 Å². The van der Waals surface area contributed by atoms with Gasteiger partial charge in [0.1, 0.15) is 12.7 Å². The van der Waals surface area contributed by atoms with Gasteiger partial charge < -0.3 is 5.32 Å². The zero-order valence-corrected chi connectivity index (χ0v) is 13.1. The second kappa shape index (κ2) is 6.04. The molecule has 1 heterocycles. The van der Waals surface area contributed by atoms with Crippen LogP contribution in [0, 0.1) is 3.57 Å². The standard InChI is InChI=1S/C15H11IN4O/c16-12-3-5-13(6-4-12)19-15(21)11-1-7-14(8-2-11)20-10-17-9-18-20/h1-10H,(H,19,21). The van der Waals surface area contributed by atoms with Crippen molar-refractivity contribution in [1.29, 1.82) is 0 Å². The molecule has 0 unspecified atom stereocenters. The Labute approximate surface area is 135 Å². The maximum Gasteiger partial charge on any atom is 0.255 e. The van der Waals surface area contributed by atoms with Crippen LogP contribution in [-0.2, 0) is 0 Å². The van der Waals surface area contributed by atoms with Crippen molar-refractivity contribution in [3.8, 4) is 5.69 Å². The number of halogens is 1. The molecule has 3 aromatic rings. The Hall–Kier alpha value is -2.22. The normalized spacial score (nSPS) is 10.3. The molecule has 6 heteroatoms. The van der Waals surface area contributed by atoms with Gasteiger partial charge in [0.25, 0.3) is 5.91 Å². The molecule has 0 spiro atoms. The molecule has 0 fully saturated rings. The van der Waals surface area contributed by atoms with E-state index in [0.29, 0.717) is 5.56 Å². The quantitative estimate of drug-likeness (QED) is 0.700. The van der Waals surface area contributed by atoms with Crippen LogP contribution in [0.1, 0.15) is 10.4 Å². The Morgan fingerprint density at radius 2 is 1.76 bits per heavy atom. The lowest BCUT2D eigenvalue weighted by Crippen LogP contribution is -2.11. The monoisotopic (exact) mass is 390 g/mol. The molecular weight excluding hydrogens is 379 g/mol. The van der Waals surface area contributed by atoms with E-state index in [4.69, 9.17) is 0 Å². The Bertz CT molecular complexity index is 736. The number of rotatable bonds is 3. The van der Waals surface area contributed by atoms with Gasteiger partial charge in [-0.1, -0.05) is 0 Å². The number of carbonyl (C=O) groups excluding carboxylic acids is 1. The molecule has 0 bridgehead atoms. The first-order valence-corrected chi connectivity index (χ1v) is 7.32. The highest BCUT2D eigenvalue weighted by Gasteiger charge is 2.06. The minimum atomic E-state index is -0.138. The fourth-order valence-corrected chi connectivity index (χ4v) is 2.20. The van der Waals surface area contributed by atoms with Crippen molar-refractivity contribution in [2.45, 2.75) is 0 Å². The highest BCUT2D eigenvalue weighted by molar-refractivity contribution is 14.1. The summed E-state index contributed by atoms with van der Waals surface area (Å²) in [4.78, 5) is 16.0. The number of hydrogen-bond donors (Lipinski definition) is 1. The number of hydrogen-bond acceptors (Lipinski definition) is 3. The van der Waals surface area contributed by atoms with Crippen LogP contribution in [0.25, 0.3) is 5.69 Å². The molecule has 5 nitrogen and oxygen atoms in total. The zero-order chi connectivity index (χ0) is 14.7. The smallest absolute Gasteiger partial charge is 0.255 e. The van der Waals surface area contributed by atoms with E-state index in [9.17, 15) is 4.79 Å². The summed E-state index contributed by atoms with van der Waals surface area (Å²) in [6.45, 7) is 0. The minimum Gasteiger partial charge on any atom is -0.322 e. The minimum absolute atomic E-state index is 0.138. The van der Waals surface area contributed by atoms with Gasteiger partial charge in [0.2, 0.25) is 0 Å². The third kappa shape index (κ3) is 3.27. The lowest BCUT2D eigenvalue weighted by Gasteiger charge is -2.06. The fourth-order valence-electron chi connectivity index (χ4n) is 1.84. The Morgan fingerprint density at radius 3 is 2.38 bits per heavy atom. The molecule has 0 saturated carbocycles. The van der Waals surface area contributed by atoms with E-state index in [1.165, 1.54) is 6.33 Å². The van der Waals surface area contributed by atoms with Crippen LogP contribution in [0.4, 0.5) is 5.69 Å². The summed E-state index contributed by atoms with van der Waals surface area (Å²) in [7, 11) is 0. The lowest BCUT2D eigenvalue weighted by atomic mass is 10.2. The van der Waals surface area contributed by atoms with Gasteiger partial charge in [-0.05, 0) is 71.1 Å². The van der Waals surface area contributed by atoms with Gasteiger partial charge in [0.05, 0.1) is 5.69 Å². The number of aromatic nitrogens is 3. The number of carbonyl (C=O) groups is 1. The van der Waals surface area contributed by atoms with E-state index in [1.807, 2.05) is 36.4 Å². The molecule has 2 aromatic carbocycles. The first-order valence-electron chi connectivity index (χ1n) is 6.24. The summed E-state index contributed by atoms with van der Waals surface area (Å²) >= 11 is 2.22. The maximum absolute atomic E-state index is 12.1. The predicted molar refractivity (Wildman–Crippen MR) is 88.5 cm³/mol. The first kappa shape index (κ1) is 13.7. The van der Waals surface area contributed by atoms with Crippen LogP contribution in [0.3, 0.4) is 0 Å². The molecular formula is C15H11IN4O. The van der Waals surface area contributed by atoms with Gasteiger partial charge >= 0.3 is 0 Å². The van der Waals surface area contributed by atoms with Gasteiger partial charge in [-0.25, -0.2) is 9.67 Å². The second-order valence-corrected chi connectivity index (χ2v) is 5.59. The molecule has 3 rings (SSSR count). The summed E-state index contributed by atoms with van der Waals surface area (Å²) in [6.07, 6.45) is 3.08. The zero-order valence-electron chi connectivity index (χ0n) is 10.9. The third-order valence-corrected chi connectivity index (χ3v) is 3.63. The highest BCUT2D eigenvalue weighted by Crippen LogP contribution is 2.14. The van der Waals surface area contributed by atoms with Crippen molar-refractivity contribution < 1.29 is 4.79 Å². The molecule has 1 amide bonds. The van der Waals surface area contributed by atoms with Gasteiger partial charge in [0, 0.05) is 14.8 Å². The van der Waals surface area contributed by atoms with Crippen molar-refractivity contribution in [3.63, 3.8) is 0 Å². The van der Waals surface area contributed by atoms with Crippen molar-refractivity contribution in [2.75, 3.05) is 5.32 Å². The molecule has 0 aliphatic heterocycles. The van der Waals surface area contributed by atoms with E-state index < -0.39 is 0 Å². The Balaban J connectivity index is 1.74. The van der Waals surface area contributed by atoms with Crippen molar-refractivity contribution in [2.24, 2.45) is 0 Å². The van der Waals surface area contributed by atoms with Crippen molar-refractivity contribution in [3.05, 3.63) is 70.3 Å². The maximum atomic E-state index is 12.1. The average Bonchev–Trinajstić information content (AvgIpc) is 3.04. The van der Waals surface area contributed by atoms with E-state index in [-0.39, 0.29) is 5.91 Å². The van der Waals surface area contributed by atoms with E-state index >= 15 is 0 Å². The third-order valence-electron chi connectivity index (χ3n) is 2.91. The van der Waals surface area contributed by atoms with Crippen LogP contribution in [-0.4, -0.2) is 20.7 Å². The number of benzene rings is 2. The van der Waals surface area contributed by atoms with Gasteiger partial charge in [0.15, 0.2) is 0 Å². The molecule has 21 heavy (non-hydrogen) atoms. The van der Waals surface area contributed by atoms with Gasteiger partial charge in [-0.3, -0.25) is 4.79 Å². The largest absolute Gasteiger partial charge is 0.322 e. The SMILES string of the molecule is O=C(Nc1ccc(I)cc1)c1ccc(-n2cncn2)cc1. The summed E-state index contributed by atoms with van der Waals surface area (Å²) in [6, 6.07) is 14.8. The number of amides is 1.